The monoisotopic (exact) mass is 1540 g/mol. The van der Waals surface area contributed by atoms with Gasteiger partial charge in [0.2, 0.25) is 0 Å². The summed E-state index contributed by atoms with van der Waals surface area (Å²) in [5.41, 5.74) is 0. The first-order chi connectivity index (χ1) is 51.0. The lowest BCUT2D eigenvalue weighted by Gasteiger charge is -2.21. The lowest BCUT2D eigenvalue weighted by molar-refractivity contribution is -0.161. The zero-order chi connectivity index (χ0) is 76.9. The highest BCUT2D eigenvalue weighted by Gasteiger charge is 2.30. The molecule has 0 fully saturated rings. The van der Waals surface area contributed by atoms with Crippen molar-refractivity contribution in [3.63, 3.8) is 0 Å². The van der Waals surface area contributed by atoms with Crippen molar-refractivity contribution in [1.29, 1.82) is 0 Å². The molecule has 0 heterocycles. The van der Waals surface area contributed by atoms with E-state index in [0.29, 0.717) is 25.7 Å². The summed E-state index contributed by atoms with van der Waals surface area (Å²) in [5.74, 6) is -1.29. The van der Waals surface area contributed by atoms with Gasteiger partial charge in [-0.25, -0.2) is 9.13 Å². The van der Waals surface area contributed by atoms with Crippen molar-refractivity contribution >= 4 is 39.5 Å². The van der Waals surface area contributed by atoms with Crippen LogP contribution < -0.4 is 0 Å². The first-order valence-electron chi connectivity index (χ1n) is 44.6. The number of carbonyl (C=O) groups is 4. The summed E-state index contributed by atoms with van der Waals surface area (Å²) in [6, 6.07) is 0. The van der Waals surface area contributed by atoms with E-state index in [0.717, 1.165) is 95.8 Å². The van der Waals surface area contributed by atoms with Crippen molar-refractivity contribution in [1.82, 2.24) is 0 Å². The first-order valence-corrected chi connectivity index (χ1v) is 47.6. The van der Waals surface area contributed by atoms with Crippen molar-refractivity contribution < 1.29 is 80.2 Å². The van der Waals surface area contributed by atoms with Gasteiger partial charge in [-0.2, -0.15) is 0 Å². The van der Waals surface area contributed by atoms with E-state index < -0.39 is 97.5 Å². The molecule has 0 aromatic carbocycles. The Hall–Kier alpha value is -1.94. The van der Waals surface area contributed by atoms with Crippen LogP contribution in [-0.4, -0.2) is 96.7 Å². The molecular formula is C86H168O17P2. The molecule has 0 bridgehead atoms. The number of phosphoric acid groups is 2. The summed E-state index contributed by atoms with van der Waals surface area (Å²) in [6.45, 7) is 7.40. The number of esters is 4. The van der Waals surface area contributed by atoms with Crippen LogP contribution in [0.2, 0.25) is 0 Å². The van der Waals surface area contributed by atoms with Crippen molar-refractivity contribution in [3.8, 4) is 0 Å². The zero-order valence-electron chi connectivity index (χ0n) is 68.9. The van der Waals surface area contributed by atoms with Crippen molar-refractivity contribution in [3.05, 3.63) is 0 Å². The predicted molar refractivity (Wildman–Crippen MR) is 432 cm³/mol. The largest absolute Gasteiger partial charge is 0.472 e. The molecule has 17 nitrogen and oxygen atoms in total. The van der Waals surface area contributed by atoms with Gasteiger partial charge in [0.1, 0.15) is 19.3 Å². The highest BCUT2D eigenvalue weighted by molar-refractivity contribution is 7.47. The number of ether oxygens (including phenoxy) is 4. The second-order valence-corrected chi connectivity index (χ2v) is 34.3. The first kappa shape index (κ1) is 103. The molecule has 0 saturated heterocycles. The molecule has 5 atom stereocenters. The maximum atomic E-state index is 13.1. The maximum Gasteiger partial charge on any atom is 0.472 e. The SMILES string of the molecule is CCCCCCCCCCCCCCCCCCCCCCCC(=O)O[C@H](COC(=O)CCCCCCCCCCCCCCCCCC(C)C)COP(=O)(O)OC[C@@H](O)COP(=O)(O)OC[C@@H](COC(=O)CCCCCCCCCCCCCCC)OC(=O)CCCCCCCCCCCCCCC. The molecule has 0 saturated carbocycles. The molecule has 0 spiro atoms. The van der Waals surface area contributed by atoms with Crippen LogP contribution in [-0.2, 0) is 65.4 Å². The third kappa shape index (κ3) is 79.9. The number of hydrogen-bond acceptors (Lipinski definition) is 15. The lowest BCUT2D eigenvalue weighted by Crippen LogP contribution is -2.30. The van der Waals surface area contributed by atoms with Gasteiger partial charge >= 0.3 is 39.5 Å². The molecule has 19 heteroatoms. The Morgan fingerprint density at radius 3 is 0.648 bits per heavy atom. The predicted octanol–water partition coefficient (Wildman–Crippen LogP) is 26.4. The molecule has 105 heavy (non-hydrogen) atoms. The van der Waals surface area contributed by atoms with E-state index in [9.17, 15) is 43.2 Å². The summed E-state index contributed by atoms with van der Waals surface area (Å²) < 4.78 is 68.9. The van der Waals surface area contributed by atoms with Gasteiger partial charge < -0.3 is 33.8 Å². The van der Waals surface area contributed by atoms with Crippen LogP contribution in [0.1, 0.15) is 465 Å². The summed E-state index contributed by atoms with van der Waals surface area (Å²) in [6.07, 6.45) is 72.1. The van der Waals surface area contributed by atoms with E-state index in [1.165, 1.54) is 289 Å². The smallest absolute Gasteiger partial charge is 0.462 e. The van der Waals surface area contributed by atoms with Gasteiger partial charge in [0.25, 0.3) is 0 Å². The van der Waals surface area contributed by atoms with Crippen LogP contribution in [0.3, 0.4) is 0 Å². The van der Waals surface area contributed by atoms with Crippen LogP contribution in [0.15, 0.2) is 0 Å². The Bertz CT molecular complexity index is 2000. The van der Waals surface area contributed by atoms with Gasteiger partial charge in [0.15, 0.2) is 12.2 Å². The highest BCUT2D eigenvalue weighted by atomic mass is 31.2. The van der Waals surface area contributed by atoms with Crippen molar-refractivity contribution in [2.45, 2.75) is 483 Å². The fraction of sp³-hybridized carbons (Fsp3) is 0.953. The Kier molecular flexibility index (Phi) is 77.3. The third-order valence-electron chi connectivity index (χ3n) is 20.3. The van der Waals surface area contributed by atoms with Gasteiger partial charge in [-0.3, -0.25) is 37.3 Å². The van der Waals surface area contributed by atoms with E-state index in [1.54, 1.807) is 0 Å². The zero-order valence-corrected chi connectivity index (χ0v) is 70.7. The highest BCUT2D eigenvalue weighted by Crippen LogP contribution is 2.45. The molecule has 0 aliphatic rings. The van der Waals surface area contributed by atoms with Crippen LogP contribution in [0.4, 0.5) is 0 Å². The fourth-order valence-electron chi connectivity index (χ4n) is 13.5. The number of carbonyl (C=O) groups excluding carboxylic acids is 4. The number of aliphatic hydroxyl groups is 1. The number of hydrogen-bond donors (Lipinski definition) is 3. The molecule has 0 aliphatic heterocycles. The Morgan fingerprint density at radius 2 is 0.438 bits per heavy atom. The number of rotatable bonds is 86. The molecule has 624 valence electrons. The average Bonchev–Trinajstić information content (AvgIpc) is 0.947. The van der Waals surface area contributed by atoms with Crippen molar-refractivity contribution in [2.75, 3.05) is 39.6 Å². The number of phosphoric ester groups is 2. The summed E-state index contributed by atoms with van der Waals surface area (Å²) in [7, 11) is -9.93. The Balaban J connectivity index is 5.24. The molecular weight excluding hydrogens is 1370 g/mol. The third-order valence-corrected chi connectivity index (χ3v) is 22.2. The van der Waals surface area contributed by atoms with E-state index in [2.05, 4.69) is 34.6 Å². The van der Waals surface area contributed by atoms with Gasteiger partial charge in [-0.15, -0.1) is 0 Å². The Morgan fingerprint density at radius 1 is 0.257 bits per heavy atom. The Labute approximate surface area is 645 Å². The fourth-order valence-corrected chi connectivity index (χ4v) is 15.1. The van der Waals surface area contributed by atoms with E-state index in [4.69, 9.17) is 37.0 Å². The molecule has 0 radical (unpaired) electrons. The van der Waals surface area contributed by atoms with Crippen LogP contribution in [0.25, 0.3) is 0 Å². The average molecular weight is 1540 g/mol. The summed E-state index contributed by atoms with van der Waals surface area (Å²) >= 11 is 0. The minimum absolute atomic E-state index is 0.109. The van der Waals surface area contributed by atoms with Gasteiger partial charge in [-0.05, 0) is 31.6 Å². The second kappa shape index (κ2) is 78.7. The molecule has 0 aliphatic carbocycles. The summed E-state index contributed by atoms with van der Waals surface area (Å²) in [4.78, 5) is 73.2. The van der Waals surface area contributed by atoms with Crippen LogP contribution in [0.5, 0.6) is 0 Å². The maximum absolute atomic E-state index is 13.1. The lowest BCUT2D eigenvalue weighted by atomic mass is 10.0. The molecule has 0 aromatic rings. The van der Waals surface area contributed by atoms with Gasteiger partial charge in [0.05, 0.1) is 26.4 Å². The van der Waals surface area contributed by atoms with E-state index >= 15 is 0 Å². The second-order valence-electron chi connectivity index (χ2n) is 31.4. The number of unbranched alkanes of at least 4 members (excludes halogenated alkanes) is 58. The molecule has 2 unspecified atom stereocenters. The molecule has 0 aromatic heterocycles. The van der Waals surface area contributed by atoms with Gasteiger partial charge in [-0.1, -0.05) is 413 Å². The normalized spacial score (nSPS) is 13.8. The van der Waals surface area contributed by atoms with Crippen molar-refractivity contribution in [2.24, 2.45) is 5.92 Å². The quantitative estimate of drug-likeness (QED) is 0.0222. The van der Waals surface area contributed by atoms with E-state index in [1.807, 2.05) is 0 Å². The standard InChI is InChI=1S/C86H168O17P2/c1-6-9-12-15-18-21-24-27-28-29-30-31-32-33-36-42-47-52-57-62-67-72-86(91)103-82(76-97-84(89)70-65-60-55-50-45-41-37-34-35-40-43-48-53-58-63-68-79(4)5)78-101-105(94,95)99-74-80(87)73-98-104(92,93)100-77-81(102-85(90)71-66-61-56-51-46-39-26-23-20-17-14-11-8-3)75-96-83(88)69-64-59-54-49-44-38-25-22-19-16-13-10-7-2/h79-82,87H,6-78H2,1-5H3,(H,92,93)(H,94,95)/t80-,81+,82+/m0/s1. The van der Waals surface area contributed by atoms with Crippen LogP contribution in [0, 0.1) is 5.92 Å². The minimum atomic E-state index is -4.97. The van der Waals surface area contributed by atoms with E-state index in [-0.39, 0.29) is 25.7 Å². The topological polar surface area (TPSA) is 237 Å². The molecule has 3 N–H and O–H groups in total. The number of aliphatic hydroxyl groups excluding tert-OH is 1. The van der Waals surface area contributed by atoms with Gasteiger partial charge in [0, 0.05) is 25.7 Å². The van der Waals surface area contributed by atoms with Crippen LogP contribution >= 0.6 is 15.6 Å². The summed E-state index contributed by atoms with van der Waals surface area (Å²) in [5, 5.41) is 10.7. The minimum Gasteiger partial charge on any atom is -0.462 e. The molecule has 0 amide bonds. The molecule has 0 rings (SSSR count).